The number of H-pyrrole nitrogens is 1. The molecule has 2 atom stereocenters. The van der Waals surface area contributed by atoms with Crippen molar-refractivity contribution < 1.29 is 9.59 Å². The average molecular weight is 367 g/mol. The minimum absolute atomic E-state index is 0.279. The van der Waals surface area contributed by atoms with Gasteiger partial charge in [-0.1, -0.05) is 48.5 Å². The number of primary amides is 1. The largest absolute Gasteiger partial charge is 0.368 e. The second-order valence-corrected chi connectivity index (χ2v) is 7.22. The van der Waals surface area contributed by atoms with Crippen LogP contribution in [-0.2, 0) is 15.3 Å². The quantitative estimate of drug-likeness (QED) is 0.599. The number of nitrogens with one attached hydrogen (secondary N) is 2. The number of aromatic nitrogens is 1. The van der Waals surface area contributed by atoms with Crippen molar-refractivity contribution in [2.75, 3.05) is 0 Å². The predicted molar refractivity (Wildman–Crippen MR) is 106 cm³/mol. The highest BCUT2D eigenvalue weighted by atomic mass is 32.2. The van der Waals surface area contributed by atoms with Crippen LogP contribution in [0, 0.1) is 0 Å². The lowest BCUT2D eigenvalue weighted by Gasteiger charge is -2.25. The number of carbonyl (C=O) groups is 2. The van der Waals surface area contributed by atoms with E-state index in [9.17, 15) is 9.59 Å². The van der Waals surface area contributed by atoms with Gasteiger partial charge in [0.15, 0.2) is 0 Å². The lowest BCUT2D eigenvalue weighted by Crippen LogP contribution is -2.46. The van der Waals surface area contributed by atoms with E-state index in [1.807, 2.05) is 60.8 Å². The Kier molecular flexibility index (Phi) is 5.63. The SMILES string of the molecule is CC(=O)NC(C(N)=O)C(SCc1ccccc1)c1c[nH]c2ccccc12. The Bertz CT molecular complexity index is 908. The number of thioether (sulfide) groups is 1. The predicted octanol–water partition coefficient (Wildman–Crippen LogP) is 3.13. The molecule has 6 heteroatoms. The molecule has 1 aromatic heterocycles. The second-order valence-electron chi connectivity index (χ2n) is 6.09. The van der Waals surface area contributed by atoms with E-state index in [-0.39, 0.29) is 11.2 Å². The van der Waals surface area contributed by atoms with Gasteiger partial charge >= 0.3 is 0 Å². The number of fused-ring (bicyclic) bond motifs is 1. The molecule has 0 saturated carbocycles. The van der Waals surface area contributed by atoms with E-state index in [4.69, 9.17) is 5.73 Å². The zero-order chi connectivity index (χ0) is 18.5. The normalized spacial score (nSPS) is 13.3. The lowest BCUT2D eigenvalue weighted by atomic mass is 10.0. The fourth-order valence-electron chi connectivity index (χ4n) is 2.97. The summed E-state index contributed by atoms with van der Waals surface area (Å²) in [7, 11) is 0. The van der Waals surface area contributed by atoms with Crippen LogP contribution in [-0.4, -0.2) is 22.8 Å². The molecule has 3 rings (SSSR count). The highest BCUT2D eigenvalue weighted by molar-refractivity contribution is 7.98. The first-order valence-corrected chi connectivity index (χ1v) is 9.39. The van der Waals surface area contributed by atoms with E-state index in [0.29, 0.717) is 5.75 Å². The number of nitrogens with two attached hydrogens (primary N) is 1. The first-order chi connectivity index (χ1) is 12.6. The minimum atomic E-state index is -0.791. The number of benzene rings is 2. The van der Waals surface area contributed by atoms with Gasteiger partial charge in [0, 0.05) is 29.8 Å². The molecule has 0 radical (unpaired) electrons. The first kappa shape index (κ1) is 18.1. The maximum Gasteiger partial charge on any atom is 0.241 e. The Labute approximate surface area is 156 Å². The third kappa shape index (κ3) is 4.08. The van der Waals surface area contributed by atoms with Crippen molar-refractivity contribution in [1.82, 2.24) is 10.3 Å². The molecule has 0 bridgehead atoms. The molecule has 0 saturated heterocycles. The van der Waals surface area contributed by atoms with Gasteiger partial charge in [-0.05, 0) is 17.2 Å². The average Bonchev–Trinajstić information content (AvgIpc) is 3.05. The molecule has 2 aromatic carbocycles. The summed E-state index contributed by atoms with van der Waals surface area (Å²) in [5.41, 5.74) is 8.72. The van der Waals surface area contributed by atoms with E-state index in [0.717, 1.165) is 22.0 Å². The second kappa shape index (κ2) is 8.10. The number of para-hydroxylation sites is 1. The fraction of sp³-hybridized carbons (Fsp3) is 0.200. The van der Waals surface area contributed by atoms with E-state index in [1.165, 1.54) is 6.92 Å². The number of carbonyl (C=O) groups excluding carboxylic acids is 2. The van der Waals surface area contributed by atoms with Gasteiger partial charge in [0.25, 0.3) is 0 Å². The third-order valence-corrected chi connectivity index (χ3v) is 5.55. The van der Waals surface area contributed by atoms with E-state index < -0.39 is 11.9 Å². The molecule has 0 aliphatic rings. The van der Waals surface area contributed by atoms with Gasteiger partial charge in [0.1, 0.15) is 6.04 Å². The van der Waals surface area contributed by atoms with Crippen LogP contribution >= 0.6 is 11.8 Å². The van der Waals surface area contributed by atoms with Crippen LogP contribution in [0.3, 0.4) is 0 Å². The van der Waals surface area contributed by atoms with Crippen molar-refractivity contribution in [2.45, 2.75) is 24.0 Å². The monoisotopic (exact) mass is 367 g/mol. The molecule has 0 aliphatic heterocycles. The number of aromatic amines is 1. The summed E-state index contributed by atoms with van der Waals surface area (Å²) >= 11 is 1.59. The number of hydrogen-bond donors (Lipinski definition) is 3. The zero-order valence-electron chi connectivity index (χ0n) is 14.4. The number of hydrogen-bond acceptors (Lipinski definition) is 3. The molecule has 134 valence electrons. The lowest BCUT2D eigenvalue weighted by molar-refractivity contribution is -0.126. The fourth-order valence-corrected chi connectivity index (χ4v) is 4.30. The van der Waals surface area contributed by atoms with Crippen LogP contribution in [0.5, 0.6) is 0 Å². The Hall–Kier alpha value is -2.73. The molecule has 0 fully saturated rings. The van der Waals surface area contributed by atoms with Gasteiger partial charge in [-0.2, -0.15) is 0 Å². The summed E-state index contributed by atoms with van der Waals surface area (Å²) in [4.78, 5) is 27.0. The van der Waals surface area contributed by atoms with E-state index in [1.54, 1.807) is 11.8 Å². The molecule has 5 nitrogen and oxygen atoms in total. The summed E-state index contributed by atoms with van der Waals surface area (Å²) in [6.07, 6.45) is 1.89. The maximum absolute atomic E-state index is 12.1. The molecule has 1 heterocycles. The maximum atomic E-state index is 12.1. The van der Waals surface area contributed by atoms with Gasteiger partial charge < -0.3 is 16.0 Å². The molecular weight excluding hydrogens is 346 g/mol. The van der Waals surface area contributed by atoms with Gasteiger partial charge in [0.2, 0.25) is 11.8 Å². The van der Waals surface area contributed by atoms with E-state index in [2.05, 4.69) is 10.3 Å². The number of rotatable bonds is 7. The van der Waals surface area contributed by atoms with E-state index >= 15 is 0 Å². The van der Waals surface area contributed by atoms with Crippen molar-refractivity contribution >= 4 is 34.5 Å². The van der Waals surface area contributed by atoms with Crippen molar-refractivity contribution in [3.8, 4) is 0 Å². The summed E-state index contributed by atoms with van der Waals surface area (Å²) in [5.74, 6) is -0.121. The Balaban J connectivity index is 1.97. The van der Waals surface area contributed by atoms with Crippen LogP contribution < -0.4 is 11.1 Å². The van der Waals surface area contributed by atoms with Crippen molar-refractivity contribution in [1.29, 1.82) is 0 Å². The Morgan fingerprint density at radius 1 is 1.12 bits per heavy atom. The number of amides is 2. The molecule has 4 N–H and O–H groups in total. The molecule has 3 aromatic rings. The smallest absolute Gasteiger partial charge is 0.241 e. The summed E-state index contributed by atoms with van der Waals surface area (Å²) in [6.45, 7) is 1.39. The Morgan fingerprint density at radius 2 is 1.81 bits per heavy atom. The highest BCUT2D eigenvalue weighted by Gasteiger charge is 2.31. The van der Waals surface area contributed by atoms with Crippen LogP contribution in [0.25, 0.3) is 10.9 Å². The summed E-state index contributed by atoms with van der Waals surface area (Å²) in [6, 6.07) is 17.1. The summed E-state index contributed by atoms with van der Waals surface area (Å²) in [5, 5.41) is 3.44. The highest BCUT2D eigenvalue weighted by Crippen LogP contribution is 2.38. The first-order valence-electron chi connectivity index (χ1n) is 8.34. The standard InChI is InChI=1S/C20H21N3O2S/c1-13(24)23-18(20(21)25)19(26-12-14-7-3-2-4-8-14)16-11-22-17-10-6-5-9-15(16)17/h2-11,18-19,22H,12H2,1H3,(H2,21,25)(H,23,24). The molecule has 2 unspecified atom stereocenters. The van der Waals surface area contributed by atoms with Gasteiger partial charge in [-0.15, -0.1) is 11.8 Å². The molecule has 0 aliphatic carbocycles. The van der Waals surface area contributed by atoms with Crippen molar-refractivity contribution in [3.63, 3.8) is 0 Å². The Morgan fingerprint density at radius 3 is 2.50 bits per heavy atom. The minimum Gasteiger partial charge on any atom is -0.368 e. The van der Waals surface area contributed by atoms with Crippen LogP contribution in [0.15, 0.2) is 60.8 Å². The van der Waals surface area contributed by atoms with Crippen molar-refractivity contribution in [3.05, 3.63) is 71.9 Å². The van der Waals surface area contributed by atoms with Crippen molar-refractivity contribution in [2.24, 2.45) is 5.73 Å². The van der Waals surface area contributed by atoms with Gasteiger partial charge in [-0.25, -0.2) is 0 Å². The molecule has 2 amide bonds. The van der Waals surface area contributed by atoms with Crippen LogP contribution in [0.2, 0.25) is 0 Å². The molecule has 0 spiro atoms. The summed E-state index contributed by atoms with van der Waals surface area (Å²) < 4.78 is 0. The van der Waals surface area contributed by atoms with Crippen LogP contribution in [0.1, 0.15) is 23.3 Å². The van der Waals surface area contributed by atoms with Crippen LogP contribution in [0.4, 0.5) is 0 Å². The zero-order valence-corrected chi connectivity index (χ0v) is 15.3. The van der Waals surface area contributed by atoms with Gasteiger partial charge in [-0.3, -0.25) is 9.59 Å². The third-order valence-electron chi connectivity index (χ3n) is 4.17. The topological polar surface area (TPSA) is 88.0 Å². The van der Waals surface area contributed by atoms with Gasteiger partial charge in [0.05, 0.1) is 5.25 Å². The molecule has 26 heavy (non-hydrogen) atoms. The molecular formula is C20H21N3O2S.